The molecule has 3 atom stereocenters. The molecule has 7 heteroatoms. The van der Waals surface area contributed by atoms with Crippen molar-refractivity contribution in [3.63, 3.8) is 0 Å². The van der Waals surface area contributed by atoms with Gasteiger partial charge in [-0.25, -0.2) is 0 Å². The Labute approximate surface area is 169 Å². The summed E-state index contributed by atoms with van der Waals surface area (Å²) in [6.07, 6.45) is -0.438. The molecule has 0 radical (unpaired) electrons. The van der Waals surface area contributed by atoms with Crippen LogP contribution >= 0.6 is 0 Å². The summed E-state index contributed by atoms with van der Waals surface area (Å²) >= 11 is 0. The molecule has 0 amide bonds. The van der Waals surface area contributed by atoms with Crippen molar-refractivity contribution in [3.05, 3.63) is 29.8 Å². The van der Waals surface area contributed by atoms with Crippen LogP contribution in [0, 0.1) is 11.8 Å². The highest BCUT2D eigenvalue weighted by Crippen LogP contribution is 2.53. The molecule has 0 unspecified atom stereocenters. The van der Waals surface area contributed by atoms with Crippen molar-refractivity contribution in [2.75, 3.05) is 28.1 Å². The third-order valence-corrected chi connectivity index (χ3v) is 5.71. The van der Waals surface area contributed by atoms with E-state index < -0.39 is 6.10 Å². The summed E-state index contributed by atoms with van der Waals surface area (Å²) in [6, 6.07) is 7.52. The predicted molar refractivity (Wildman–Crippen MR) is 105 cm³/mol. The fourth-order valence-electron chi connectivity index (χ4n) is 3.91. The van der Waals surface area contributed by atoms with Crippen LogP contribution in [0.25, 0.3) is 11.1 Å². The molecular formula is C22H24O7. The summed E-state index contributed by atoms with van der Waals surface area (Å²) < 4.78 is 33.6. The van der Waals surface area contributed by atoms with Gasteiger partial charge in [0.1, 0.15) is 6.10 Å². The number of benzene rings is 2. The lowest BCUT2D eigenvalue weighted by Gasteiger charge is -2.24. The van der Waals surface area contributed by atoms with Crippen LogP contribution in [-0.4, -0.2) is 34.1 Å². The topological polar surface area (TPSA) is 72.5 Å². The molecular weight excluding hydrogens is 376 g/mol. The van der Waals surface area contributed by atoms with Gasteiger partial charge in [0.25, 0.3) is 0 Å². The molecule has 2 heterocycles. The SMILES string of the molecule is COc1cc([C@H]2OC(=O)[C@H](C)[C@@H]2C)c(-c2ccc3c(c2)OCO3)c(OC)c1OC. The largest absolute Gasteiger partial charge is 0.493 e. The Kier molecular flexibility index (Phi) is 4.90. The second-order valence-corrected chi connectivity index (χ2v) is 7.18. The van der Waals surface area contributed by atoms with Gasteiger partial charge < -0.3 is 28.4 Å². The van der Waals surface area contributed by atoms with Gasteiger partial charge >= 0.3 is 5.97 Å². The lowest BCUT2D eigenvalue weighted by molar-refractivity contribution is -0.144. The molecule has 0 bridgehead atoms. The maximum Gasteiger partial charge on any atom is 0.309 e. The zero-order chi connectivity index (χ0) is 20.7. The number of fused-ring (bicyclic) bond motifs is 1. The van der Waals surface area contributed by atoms with Gasteiger partial charge in [-0.1, -0.05) is 19.9 Å². The predicted octanol–water partition coefficient (Wildman–Crippen LogP) is 3.98. The summed E-state index contributed by atoms with van der Waals surface area (Å²) in [5, 5.41) is 0. The van der Waals surface area contributed by atoms with Crippen LogP contribution in [0.4, 0.5) is 0 Å². The highest BCUT2D eigenvalue weighted by Gasteiger charge is 2.42. The first kappa shape index (κ1) is 19.2. The third-order valence-electron chi connectivity index (χ3n) is 5.71. The normalized spacial score (nSPS) is 22.4. The van der Waals surface area contributed by atoms with Gasteiger partial charge in [-0.2, -0.15) is 0 Å². The molecule has 2 aromatic rings. The van der Waals surface area contributed by atoms with E-state index in [0.29, 0.717) is 28.7 Å². The van der Waals surface area contributed by atoms with Gasteiger partial charge in [0.2, 0.25) is 12.5 Å². The second-order valence-electron chi connectivity index (χ2n) is 7.18. The summed E-state index contributed by atoms with van der Waals surface area (Å²) in [7, 11) is 4.70. The minimum Gasteiger partial charge on any atom is -0.493 e. The van der Waals surface area contributed by atoms with Crippen LogP contribution < -0.4 is 23.7 Å². The molecule has 2 aliphatic heterocycles. The summed E-state index contributed by atoms with van der Waals surface area (Å²) in [6.45, 7) is 4.07. The van der Waals surface area contributed by atoms with Crippen molar-refractivity contribution in [1.29, 1.82) is 0 Å². The lowest BCUT2D eigenvalue weighted by Crippen LogP contribution is -2.11. The van der Waals surface area contributed by atoms with E-state index in [1.807, 2.05) is 38.1 Å². The molecule has 2 aromatic carbocycles. The van der Waals surface area contributed by atoms with Gasteiger partial charge in [-0.15, -0.1) is 0 Å². The Balaban J connectivity index is 1.97. The maximum atomic E-state index is 12.3. The molecule has 0 N–H and O–H groups in total. The van der Waals surface area contributed by atoms with Crippen LogP contribution in [-0.2, 0) is 9.53 Å². The Morgan fingerprint density at radius 2 is 1.66 bits per heavy atom. The van der Waals surface area contributed by atoms with E-state index in [0.717, 1.165) is 16.7 Å². The zero-order valence-electron chi connectivity index (χ0n) is 17.1. The fraction of sp³-hybridized carbons (Fsp3) is 0.409. The average molecular weight is 400 g/mol. The first-order valence-electron chi connectivity index (χ1n) is 9.43. The molecule has 29 heavy (non-hydrogen) atoms. The third kappa shape index (κ3) is 3.01. The standard InChI is InChI=1S/C22H24O7/c1-11-12(2)22(23)29-19(11)14-9-17(24-3)20(25-4)21(26-5)18(14)13-6-7-15-16(8-13)28-10-27-15/h6-9,11-12,19H,10H2,1-5H3/t11-,12+,19-/m0/s1. The number of cyclic esters (lactones) is 1. The molecule has 0 aromatic heterocycles. The molecule has 0 saturated carbocycles. The van der Waals surface area contributed by atoms with E-state index in [4.69, 9.17) is 28.4 Å². The van der Waals surface area contributed by atoms with Crippen LogP contribution in [0.3, 0.4) is 0 Å². The van der Waals surface area contributed by atoms with Crippen LogP contribution in [0.5, 0.6) is 28.7 Å². The number of hydrogen-bond donors (Lipinski definition) is 0. The van der Waals surface area contributed by atoms with E-state index in [9.17, 15) is 4.79 Å². The Hall–Kier alpha value is -3.09. The van der Waals surface area contributed by atoms with Gasteiger partial charge in [0.15, 0.2) is 23.0 Å². The van der Waals surface area contributed by atoms with Crippen molar-refractivity contribution in [2.24, 2.45) is 11.8 Å². The van der Waals surface area contributed by atoms with Gasteiger partial charge in [-0.3, -0.25) is 4.79 Å². The van der Waals surface area contributed by atoms with Crippen molar-refractivity contribution in [2.45, 2.75) is 20.0 Å². The quantitative estimate of drug-likeness (QED) is 0.703. The average Bonchev–Trinajstić information content (AvgIpc) is 3.31. The van der Waals surface area contributed by atoms with E-state index in [1.54, 1.807) is 21.3 Å². The number of carbonyl (C=O) groups excluding carboxylic acids is 1. The minimum atomic E-state index is -0.438. The van der Waals surface area contributed by atoms with E-state index in [-0.39, 0.29) is 24.6 Å². The Morgan fingerprint density at radius 1 is 0.931 bits per heavy atom. The number of rotatable bonds is 5. The molecule has 1 saturated heterocycles. The monoisotopic (exact) mass is 400 g/mol. The molecule has 4 rings (SSSR count). The van der Waals surface area contributed by atoms with Crippen LogP contribution in [0.15, 0.2) is 24.3 Å². The number of carbonyl (C=O) groups is 1. The van der Waals surface area contributed by atoms with Gasteiger partial charge in [0, 0.05) is 17.0 Å². The van der Waals surface area contributed by atoms with Crippen molar-refractivity contribution < 1.29 is 33.2 Å². The van der Waals surface area contributed by atoms with Crippen LogP contribution in [0.1, 0.15) is 25.5 Å². The van der Waals surface area contributed by atoms with E-state index >= 15 is 0 Å². The smallest absolute Gasteiger partial charge is 0.309 e. The molecule has 0 aliphatic carbocycles. The Morgan fingerprint density at radius 3 is 2.28 bits per heavy atom. The summed E-state index contributed by atoms with van der Waals surface area (Å²) in [5.41, 5.74) is 2.40. The first-order chi connectivity index (χ1) is 14.0. The highest BCUT2D eigenvalue weighted by molar-refractivity contribution is 5.83. The minimum absolute atomic E-state index is 0.0157. The first-order valence-corrected chi connectivity index (χ1v) is 9.43. The van der Waals surface area contributed by atoms with E-state index in [2.05, 4.69) is 0 Å². The number of ether oxygens (including phenoxy) is 6. The van der Waals surface area contributed by atoms with Crippen LogP contribution in [0.2, 0.25) is 0 Å². The number of esters is 1. The molecule has 0 spiro atoms. The molecule has 1 fully saturated rings. The number of methoxy groups -OCH3 is 3. The summed E-state index contributed by atoms with van der Waals surface area (Å²) in [4.78, 5) is 12.3. The van der Waals surface area contributed by atoms with Crippen molar-refractivity contribution in [1.82, 2.24) is 0 Å². The molecule has 2 aliphatic rings. The second kappa shape index (κ2) is 7.39. The highest BCUT2D eigenvalue weighted by atomic mass is 16.7. The van der Waals surface area contributed by atoms with Gasteiger partial charge in [-0.05, 0) is 23.8 Å². The maximum absolute atomic E-state index is 12.3. The van der Waals surface area contributed by atoms with Crippen molar-refractivity contribution in [3.8, 4) is 39.9 Å². The molecule has 7 nitrogen and oxygen atoms in total. The number of hydrogen-bond acceptors (Lipinski definition) is 7. The van der Waals surface area contributed by atoms with E-state index in [1.165, 1.54) is 0 Å². The van der Waals surface area contributed by atoms with Crippen molar-refractivity contribution >= 4 is 5.97 Å². The van der Waals surface area contributed by atoms with Gasteiger partial charge in [0.05, 0.1) is 27.2 Å². The zero-order valence-corrected chi connectivity index (χ0v) is 17.1. The fourth-order valence-corrected chi connectivity index (χ4v) is 3.91. The lowest BCUT2D eigenvalue weighted by atomic mass is 9.85. The summed E-state index contributed by atoms with van der Waals surface area (Å²) in [5.74, 6) is 2.38. The Bertz CT molecular complexity index is 953. The molecule has 154 valence electrons.